The smallest absolute Gasteiger partial charge is 0.329 e. The molecule has 2 rings (SSSR count). The monoisotopic (exact) mass is 443 g/mol. The first-order valence-corrected chi connectivity index (χ1v) is 9.83. The molecule has 0 spiro atoms. The van der Waals surface area contributed by atoms with Gasteiger partial charge in [0, 0.05) is 0 Å². The quantitative estimate of drug-likeness (QED) is 0.327. The van der Waals surface area contributed by atoms with Crippen LogP contribution in [0.25, 0.3) is 0 Å². The second kappa shape index (κ2) is 11.4. The predicted molar refractivity (Wildman–Crippen MR) is 116 cm³/mol. The van der Waals surface area contributed by atoms with Crippen LogP contribution in [0.15, 0.2) is 48.5 Å². The summed E-state index contributed by atoms with van der Waals surface area (Å²) in [5.41, 5.74) is 0.368. The summed E-state index contributed by atoms with van der Waals surface area (Å²) in [4.78, 5) is 47.5. The lowest BCUT2D eigenvalue weighted by molar-refractivity contribution is -0.384. The van der Waals surface area contributed by atoms with Gasteiger partial charge >= 0.3 is 5.97 Å². The van der Waals surface area contributed by atoms with Crippen LogP contribution < -0.4 is 15.4 Å². The standard InChI is InChI=1S/C22H25N3O7/c1-14(2)21(24-19(26)11-15-7-5-4-6-8-15)22(28)32-13-20(27)23-17-10-9-16(31-3)12-18(17)25(29)30/h4-10,12,14,21H,11,13H2,1-3H3,(H,23,27)(H,24,26). The van der Waals surface area contributed by atoms with E-state index in [4.69, 9.17) is 9.47 Å². The summed E-state index contributed by atoms with van der Waals surface area (Å²) in [6, 6.07) is 12.0. The normalized spacial score (nSPS) is 11.4. The molecule has 32 heavy (non-hydrogen) atoms. The van der Waals surface area contributed by atoms with Gasteiger partial charge in [0.15, 0.2) is 6.61 Å². The zero-order valence-corrected chi connectivity index (χ0v) is 18.0. The number of rotatable bonds is 10. The van der Waals surface area contributed by atoms with Crippen LogP contribution in [0.4, 0.5) is 11.4 Å². The third-order valence-electron chi connectivity index (χ3n) is 4.47. The van der Waals surface area contributed by atoms with Crippen molar-refractivity contribution in [3.05, 3.63) is 64.2 Å². The van der Waals surface area contributed by atoms with Crippen LogP contribution in [0.3, 0.4) is 0 Å². The Kier molecular flexibility index (Phi) is 8.70. The molecule has 2 aromatic carbocycles. The van der Waals surface area contributed by atoms with E-state index < -0.39 is 29.4 Å². The van der Waals surface area contributed by atoms with Crippen LogP contribution in [-0.4, -0.2) is 42.5 Å². The Balaban J connectivity index is 1.94. The second-order valence-corrected chi connectivity index (χ2v) is 7.25. The van der Waals surface area contributed by atoms with Gasteiger partial charge in [-0.2, -0.15) is 0 Å². The van der Waals surface area contributed by atoms with Gasteiger partial charge in [0.1, 0.15) is 17.5 Å². The van der Waals surface area contributed by atoms with E-state index in [0.717, 1.165) is 5.56 Å². The summed E-state index contributed by atoms with van der Waals surface area (Å²) in [5.74, 6) is -1.92. The maximum Gasteiger partial charge on any atom is 0.329 e. The van der Waals surface area contributed by atoms with Crippen LogP contribution in [0.5, 0.6) is 5.75 Å². The molecule has 0 aliphatic carbocycles. The van der Waals surface area contributed by atoms with Crippen molar-refractivity contribution in [3.63, 3.8) is 0 Å². The Morgan fingerprint density at radius 2 is 1.75 bits per heavy atom. The summed E-state index contributed by atoms with van der Waals surface area (Å²) in [5, 5.41) is 16.2. The van der Waals surface area contributed by atoms with Crippen LogP contribution >= 0.6 is 0 Å². The molecule has 0 aliphatic rings. The number of nitrogens with zero attached hydrogens (tertiary/aromatic N) is 1. The second-order valence-electron chi connectivity index (χ2n) is 7.25. The van der Waals surface area contributed by atoms with Gasteiger partial charge in [0.2, 0.25) is 5.91 Å². The first-order chi connectivity index (χ1) is 15.2. The summed E-state index contributed by atoms with van der Waals surface area (Å²) in [7, 11) is 1.36. The summed E-state index contributed by atoms with van der Waals surface area (Å²) >= 11 is 0. The molecule has 0 saturated heterocycles. The Morgan fingerprint density at radius 1 is 1.06 bits per heavy atom. The highest BCUT2D eigenvalue weighted by Crippen LogP contribution is 2.28. The average molecular weight is 443 g/mol. The van der Waals surface area contributed by atoms with E-state index >= 15 is 0 Å². The highest BCUT2D eigenvalue weighted by molar-refractivity contribution is 5.95. The molecule has 0 saturated carbocycles. The maximum atomic E-state index is 12.4. The van der Waals surface area contributed by atoms with Gasteiger partial charge in [0.25, 0.3) is 11.6 Å². The largest absolute Gasteiger partial charge is 0.496 e. The van der Waals surface area contributed by atoms with Crippen molar-refractivity contribution in [2.24, 2.45) is 5.92 Å². The average Bonchev–Trinajstić information content (AvgIpc) is 2.76. The predicted octanol–water partition coefficient (Wildman–Crippen LogP) is 2.47. The van der Waals surface area contributed by atoms with Crippen molar-refractivity contribution < 1.29 is 28.8 Å². The van der Waals surface area contributed by atoms with E-state index in [1.54, 1.807) is 26.0 Å². The van der Waals surface area contributed by atoms with Gasteiger partial charge in [-0.1, -0.05) is 44.2 Å². The molecule has 2 aromatic rings. The molecule has 0 aromatic heterocycles. The first kappa shape index (κ1) is 24.3. The molecule has 0 aliphatic heterocycles. The lowest BCUT2D eigenvalue weighted by atomic mass is 10.0. The number of hydrogen-bond donors (Lipinski definition) is 2. The molecule has 2 N–H and O–H groups in total. The fraction of sp³-hybridized carbons (Fsp3) is 0.318. The van der Waals surface area contributed by atoms with Crippen molar-refractivity contribution in [1.29, 1.82) is 0 Å². The van der Waals surface area contributed by atoms with Gasteiger partial charge in [-0.05, 0) is 23.6 Å². The number of anilines is 1. The number of nitro groups is 1. The van der Waals surface area contributed by atoms with E-state index in [0.29, 0.717) is 0 Å². The minimum absolute atomic E-state index is 0.0616. The zero-order valence-electron chi connectivity index (χ0n) is 18.0. The van der Waals surface area contributed by atoms with Crippen molar-refractivity contribution in [1.82, 2.24) is 5.32 Å². The van der Waals surface area contributed by atoms with Crippen molar-refractivity contribution in [2.45, 2.75) is 26.3 Å². The van der Waals surface area contributed by atoms with E-state index in [2.05, 4.69) is 10.6 Å². The van der Waals surface area contributed by atoms with Gasteiger partial charge in [0.05, 0.1) is 24.5 Å². The summed E-state index contributed by atoms with van der Waals surface area (Å²) in [6.45, 7) is 2.80. The van der Waals surface area contributed by atoms with Crippen LogP contribution in [0.2, 0.25) is 0 Å². The number of hydrogen-bond acceptors (Lipinski definition) is 7. The number of esters is 1. The van der Waals surface area contributed by atoms with Gasteiger partial charge in [-0.25, -0.2) is 4.79 Å². The Morgan fingerprint density at radius 3 is 2.34 bits per heavy atom. The topological polar surface area (TPSA) is 137 Å². The number of nitrogens with one attached hydrogen (secondary N) is 2. The van der Waals surface area contributed by atoms with E-state index in [-0.39, 0.29) is 35.4 Å². The molecule has 10 heteroatoms. The van der Waals surface area contributed by atoms with Crippen LogP contribution in [0.1, 0.15) is 19.4 Å². The Hall–Kier alpha value is -3.95. The number of nitro benzene ring substituents is 1. The van der Waals surface area contributed by atoms with Gasteiger partial charge < -0.3 is 20.1 Å². The summed E-state index contributed by atoms with van der Waals surface area (Å²) < 4.78 is 9.98. The number of ether oxygens (including phenoxy) is 2. The number of carbonyl (C=O) groups is 3. The molecule has 1 unspecified atom stereocenters. The first-order valence-electron chi connectivity index (χ1n) is 9.83. The lowest BCUT2D eigenvalue weighted by Gasteiger charge is -2.20. The minimum atomic E-state index is -0.950. The number of carbonyl (C=O) groups excluding carboxylic acids is 3. The molecule has 170 valence electrons. The third-order valence-corrected chi connectivity index (χ3v) is 4.47. The van der Waals surface area contributed by atoms with Crippen LogP contribution in [-0.2, 0) is 25.5 Å². The Labute approximate surface area is 185 Å². The van der Waals surface area contributed by atoms with Gasteiger partial charge in [-0.3, -0.25) is 19.7 Å². The fourth-order valence-electron chi connectivity index (χ4n) is 2.81. The summed E-state index contributed by atoms with van der Waals surface area (Å²) in [6.07, 6.45) is 0.0962. The van der Waals surface area contributed by atoms with Crippen molar-refractivity contribution >= 4 is 29.2 Å². The number of methoxy groups -OCH3 is 1. The zero-order chi connectivity index (χ0) is 23.7. The molecule has 0 fully saturated rings. The molecule has 1 atom stereocenters. The Bertz CT molecular complexity index is 977. The van der Waals surface area contributed by atoms with Crippen LogP contribution in [0, 0.1) is 16.0 Å². The fourth-order valence-corrected chi connectivity index (χ4v) is 2.81. The lowest BCUT2D eigenvalue weighted by Crippen LogP contribution is -2.46. The number of benzene rings is 2. The molecule has 2 amide bonds. The number of amides is 2. The highest BCUT2D eigenvalue weighted by Gasteiger charge is 2.26. The van der Waals surface area contributed by atoms with E-state index in [1.165, 1.54) is 25.3 Å². The maximum absolute atomic E-state index is 12.4. The molecule has 0 heterocycles. The molecular formula is C22H25N3O7. The van der Waals surface area contributed by atoms with Crippen molar-refractivity contribution in [3.8, 4) is 5.75 Å². The molecule has 0 radical (unpaired) electrons. The SMILES string of the molecule is COc1ccc(NC(=O)COC(=O)C(NC(=O)Cc2ccccc2)C(C)C)c([N+](=O)[O-])c1. The third kappa shape index (κ3) is 7.08. The van der Waals surface area contributed by atoms with E-state index in [1.807, 2.05) is 18.2 Å². The van der Waals surface area contributed by atoms with Crippen molar-refractivity contribution in [2.75, 3.05) is 19.0 Å². The molecular weight excluding hydrogens is 418 g/mol. The minimum Gasteiger partial charge on any atom is -0.496 e. The molecule has 10 nitrogen and oxygen atoms in total. The highest BCUT2D eigenvalue weighted by atomic mass is 16.6. The molecule has 0 bridgehead atoms. The van der Waals surface area contributed by atoms with E-state index in [9.17, 15) is 24.5 Å². The van der Waals surface area contributed by atoms with Gasteiger partial charge in [-0.15, -0.1) is 0 Å².